The number of rotatable bonds is 2. The Bertz CT molecular complexity index is 586. The van der Waals surface area contributed by atoms with Gasteiger partial charge in [-0.25, -0.2) is 4.98 Å². The zero-order chi connectivity index (χ0) is 13.3. The normalized spacial score (nSPS) is 10.4. The molecule has 0 radical (unpaired) electrons. The molecule has 2 rings (SSSR count). The Morgan fingerprint density at radius 2 is 2.00 bits per heavy atom. The molecule has 1 amide bonds. The van der Waals surface area contributed by atoms with Crippen molar-refractivity contribution < 1.29 is 9.21 Å². The van der Waals surface area contributed by atoms with Crippen molar-refractivity contribution >= 4 is 5.91 Å². The molecule has 4 heteroatoms. The Morgan fingerprint density at radius 1 is 1.28 bits per heavy atom. The average Bonchev–Trinajstić information content (AvgIpc) is 2.87. The summed E-state index contributed by atoms with van der Waals surface area (Å²) in [5.41, 5.74) is 5.53. The summed E-state index contributed by atoms with van der Waals surface area (Å²) in [7, 11) is 1.63. The van der Waals surface area contributed by atoms with Crippen LogP contribution in [0.5, 0.6) is 0 Å². The molecule has 1 heterocycles. The van der Waals surface area contributed by atoms with Gasteiger partial charge in [0.25, 0.3) is 5.91 Å². The molecule has 0 aliphatic carbocycles. The lowest BCUT2D eigenvalue weighted by Crippen LogP contribution is -2.19. The van der Waals surface area contributed by atoms with Crippen LogP contribution in [0.2, 0.25) is 0 Å². The molecule has 1 aromatic heterocycles. The van der Waals surface area contributed by atoms with Gasteiger partial charge in [-0.05, 0) is 43.5 Å². The molecule has 2 aromatic rings. The number of nitrogens with zero attached hydrogens (tertiary/aromatic N) is 1. The van der Waals surface area contributed by atoms with Crippen molar-refractivity contribution in [2.45, 2.75) is 20.8 Å². The number of oxazole rings is 1. The second-order valence-corrected chi connectivity index (χ2v) is 4.32. The van der Waals surface area contributed by atoms with Gasteiger partial charge in [-0.1, -0.05) is 0 Å². The lowest BCUT2D eigenvalue weighted by atomic mass is 9.91. The number of benzene rings is 1. The number of hydrogen-bond acceptors (Lipinski definition) is 3. The molecule has 0 aliphatic rings. The van der Waals surface area contributed by atoms with Crippen LogP contribution in [0.25, 0.3) is 11.3 Å². The molecular weight excluding hydrogens is 228 g/mol. The smallest absolute Gasteiger partial charge is 0.251 e. The Labute approximate surface area is 106 Å². The number of aromatic nitrogens is 1. The SMILES string of the molecule is CNC(=O)c1cc(C)c(C)c(-c2cocn2)c1C. The molecule has 4 nitrogen and oxygen atoms in total. The van der Waals surface area contributed by atoms with Gasteiger partial charge in [0.2, 0.25) is 0 Å². The Morgan fingerprint density at radius 3 is 2.56 bits per heavy atom. The first kappa shape index (κ1) is 12.4. The molecule has 18 heavy (non-hydrogen) atoms. The molecule has 0 saturated carbocycles. The van der Waals surface area contributed by atoms with E-state index in [2.05, 4.69) is 10.3 Å². The third kappa shape index (κ3) is 1.90. The van der Waals surface area contributed by atoms with Crippen molar-refractivity contribution in [1.82, 2.24) is 10.3 Å². The van der Waals surface area contributed by atoms with Crippen LogP contribution in [-0.4, -0.2) is 17.9 Å². The maximum atomic E-state index is 11.9. The quantitative estimate of drug-likeness (QED) is 0.883. The first-order valence-corrected chi connectivity index (χ1v) is 5.77. The van der Waals surface area contributed by atoms with Gasteiger partial charge in [-0.3, -0.25) is 4.79 Å². The van der Waals surface area contributed by atoms with Crippen LogP contribution in [-0.2, 0) is 0 Å². The fourth-order valence-electron chi connectivity index (χ4n) is 2.14. The standard InChI is InChI=1S/C14H16N2O2/c1-8-5-11(14(17)15-4)10(3)13(9(8)2)12-6-18-7-16-12/h5-7H,1-4H3,(H,15,17). The summed E-state index contributed by atoms with van der Waals surface area (Å²) in [5.74, 6) is -0.0830. The second-order valence-electron chi connectivity index (χ2n) is 4.32. The number of nitrogens with one attached hydrogen (secondary N) is 1. The van der Waals surface area contributed by atoms with Crippen molar-refractivity contribution in [1.29, 1.82) is 0 Å². The first-order valence-electron chi connectivity index (χ1n) is 5.77. The van der Waals surface area contributed by atoms with Crippen LogP contribution in [0.3, 0.4) is 0 Å². The first-order chi connectivity index (χ1) is 8.56. The van der Waals surface area contributed by atoms with Crippen molar-refractivity contribution in [3.05, 3.63) is 41.0 Å². The lowest BCUT2D eigenvalue weighted by molar-refractivity contribution is 0.0962. The van der Waals surface area contributed by atoms with Gasteiger partial charge in [-0.2, -0.15) is 0 Å². The summed E-state index contributed by atoms with van der Waals surface area (Å²) in [6.07, 6.45) is 3.00. The van der Waals surface area contributed by atoms with E-state index in [1.54, 1.807) is 13.3 Å². The summed E-state index contributed by atoms with van der Waals surface area (Å²) >= 11 is 0. The number of hydrogen-bond donors (Lipinski definition) is 1. The lowest BCUT2D eigenvalue weighted by Gasteiger charge is -2.14. The fourth-order valence-corrected chi connectivity index (χ4v) is 2.14. The minimum Gasteiger partial charge on any atom is -0.451 e. The highest BCUT2D eigenvalue weighted by atomic mass is 16.3. The minimum absolute atomic E-state index is 0.0830. The van der Waals surface area contributed by atoms with Gasteiger partial charge in [-0.15, -0.1) is 0 Å². The monoisotopic (exact) mass is 244 g/mol. The van der Waals surface area contributed by atoms with Gasteiger partial charge in [0.15, 0.2) is 6.39 Å². The number of carbonyl (C=O) groups excluding carboxylic acids is 1. The van der Waals surface area contributed by atoms with E-state index in [0.29, 0.717) is 5.56 Å². The Kier molecular flexibility index (Phi) is 3.19. The Hall–Kier alpha value is -2.10. The summed E-state index contributed by atoms with van der Waals surface area (Å²) in [4.78, 5) is 16.0. The predicted octanol–water partition coefficient (Wildman–Crippen LogP) is 2.63. The molecule has 0 saturated heterocycles. The van der Waals surface area contributed by atoms with Crippen molar-refractivity contribution in [2.24, 2.45) is 0 Å². The average molecular weight is 244 g/mol. The van der Waals surface area contributed by atoms with E-state index in [9.17, 15) is 4.79 Å². The fraction of sp³-hybridized carbons (Fsp3) is 0.286. The van der Waals surface area contributed by atoms with Gasteiger partial charge in [0.05, 0.1) is 0 Å². The van der Waals surface area contributed by atoms with E-state index < -0.39 is 0 Å². The molecule has 1 N–H and O–H groups in total. The highest BCUT2D eigenvalue weighted by Gasteiger charge is 2.17. The third-order valence-electron chi connectivity index (χ3n) is 3.27. The highest BCUT2D eigenvalue weighted by molar-refractivity contribution is 5.98. The van der Waals surface area contributed by atoms with Crippen LogP contribution in [0, 0.1) is 20.8 Å². The second kappa shape index (κ2) is 4.64. The van der Waals surface area contributed by atoms with Crippen molar-refractivity contribution in [3.63, 3.8) is 0 Å². The zero-order valence-corrected chi connectivity index (χ0v) is 11.0. The Balaban J connectivity index is 2.72. The van der Waals surface area contributed by atoms with E-state index in [4.69, 9.17) is 4.42 Å². The topological polar surface area (TPSA) is 55.1 Å². The van der Waals surface area contributed by atoms with Crippen molar-refractivity contribution in [3.8, 4) is 11.3 Å². The summed E-state index contributed by atoms with van der Waals surface area (Å²) < 4.78 is 5.03. The van der Waals surface area contributed by atoms with E-state index in [-0.39, 0.29) is 5.91 Å². The van der Waals surface area contributed by atoms with Crippen LogP contribution in [0.1, 0.15) is 27.0 Å². The van der Waals surface area contributed by atoms with Crippen LogP contribution >= 0.6 is 0 Å². The predicted molar refractivity (Wildman–Crippen MR) is 69.5 cm³/mol. The maximum absolute atomic E-state index is 11.9. The zero-order valence-electron chi connectivity index (χ0n) is 11.0. The van der Waals surface area contributed by atoms with E-state index in [1.165, 1.54) is 6.39 Å². The number of carbonyl (C=O) groups is 1. The van der Waals surface area contributed by atoms with Gasteiger partial charge in [0, 0.05) is 18.2 Å². The third-order valence-corrected chi connectivity index (χ3v) is 3.27. The van der Waals surface area contributed by atoms with E-state index in [1.807, 2.05) is 26.8 Å². The van der Waals surface area contributed by atoms with Gasteiger partial charge < -0.3 is 9.73 Å². The number of amides is 1. The molecule has 1 aromatic carbocycles. The summed E-state index contributed by atoms with van der Waals surface area (Å²) in [5, 5.41) is 2.66. The van der Waals surface area contributed by atoms with Crippen molar-refractivity contribution in [2.75, 3.05) is 7.05 Å². The molecule has 0 atom stereocenters. The van der Waals surface area contributed by atoms with Crippen LogP contribution in [0.4, 0.5) is 0 Å². The van der Waals surface area contributed by atoms with Gasteiger partial charge in [0.1, 0.15) is 12.0 Å². The highest BCUT2D eigenvalue weighted by Crippen LogP contribution is 2.30. The summed E-state index contributed by atoms with van der Waals surface area (Å²) in [6, 6.07) is 1.91. The summed E-state index contributed by atoms with van der Waals surface area (Å²) in [6.45, 7) is 5.95. The molecule has 0 fully saturated rings. The molecule has 0 spiro atoms. The molecule has 0 unspecified atom stereocenters. The number of aryl methyl sites for hydroxylation is 1. The van der Waals surface area contributed by atoms with Crippen LogP contribution < -0.4 is 5.32 Å². The molecule has 0 bridgehead atoms. The van der Waals surface area contributed by atoms with E-state index >= 15 is 0 Å². The van der Waals surface area contributed by atoms with Gasteiger partial charge >= 0.3 is 0 Å². The molecular formula is C14H16N2O2. The molecule has 94 valence electrons. The maximum Gasteiger partial charge on any atom is 0.251 e. The van der Waals surface area contributed by atoms with E-state index in [0.717, 1.165) is 27.9 Å². The minimum atomic E-state index is -0.0830. The van der Waals surface area contributed by atoms with Crippen LogP contribution in [0.15, 0.2) is 23.1 Å². The molecule has 0 aliphatic heterocycles. The largest absolute Gasteiger partial charge is 0.451 e.